The van der Waals surface area contributed by atoms with Crippen molar-refractivity contribution in [2.24, 2.45) is 0 Å². The summed E-state index contributed by atoms with van der Waals surface area (Å²) in [6.45, 7) is 7.27. The Kier molecular flexibility index (Phi) is 6.79. The lowest BCUT2D eigenvalue weighted by molar-refractivity contribution is 0.104. The molecule has 0 aliphatic rings. The molecule has 1 aromatic heterocycles. The van der Waals surface area contributed by atoms with Crippen LogP contribution in [0.25, 0.3) is 16.4 Å². The molecule has 1 heterocycles. The number of hydrogen-bond acceptors (Lipinski definition) is 6. The predicted octanol–water partition coefficient (Wildman–Crippen LogP) is 4.47. The molecule has 0 unspecified atom stereocenters. The van der Waals surface area contributed by atoms with E-state index in [-0.39, 0.29) is 5.78 Å². The maximum Gasteiger partial charge on any atom is 0.396 e. The van der Waals surface area contributed by atoms with E-state index < -0.39 is 4.94 Å². The summed E-state index contributed by atoms with van der Waals surface area (Å²) < 4.78 is 11.7. The molecule has 0 spiro atoms. The van der Waals surface area contributed by atoms with Crippen LogP contribution in [0.2, 0.25) is 0 Å². The SMILES string of the molecule is CCN(CC)CCOc1cc2oc(=O)sc2cc1C(=O)/C=C/c1ccccc1. The van der Waals surface area contributed by atoms with Crippen LogP contribution < -0.4 is 9.68 Å². The van der Waals surface area contributed by atoms with E-state index in [1.807, 2.05) is 30.3 Å². The fourth-order valence-electron chi connectivity index (χ4n) is 2.86. The maximum absolute atomic E-state index is 12.8. The van der Waals surface area contributed by atoms with Gasteiger partial charge in [-0.15, -0.1) is 0 Å². The number of ketones is 1. The summed E-state index contributed by atoms with van der Waals surface area (Å²) in [5.74, 6) is 0.258. The van der Waals surface area contributed by atoms with Crippen molar-refractivity contribution in [1.29, 1.82) is 0 Å². The van der Waals surface area contributed by atoms with Gasteiger partial charge in [-0.1, -0.05) is 61.6 Å². The van der Waals surface area contributed by atoms with Gasteiger partial charge in [0.15, 0.2) is 11.4 Å². The van der Waals surface area contributed by atoms with Gasteiger partial charge in [-0.25, -0.2) is 4.79 Å². The van der Waals surface area contributed by atoms with Crippen LogP contribution >= 0.6 is 11.3 Å². The summed E-state index contributed by atoms with van der Waals surface area (Å²) >= 11 is 0.981. The molecule has 0 aliphatic heterocycles. The summed E-state index contributed by atoms with van der Waals surface area (Å²) in [6, 6.07) is 12.9. The second-order valence-electron chi connectivity index (χ2n) is 6.23. The van der Waals surface area contributed by atoms with Crippen LogP contribution in [0.5, 0.6) is 5.75 Å². The first kappa shape index (κ1) is 20.0. The lowest BCUT2D eigenvalue weighted by atomic mass is 10.1. The fourth-order valence-corrected chi connectivity index (χ4v) is 3.55. The molecular formula is C22H23NO4S. The number of ether oxygens (including phenoxy) is 1. The van der Waals surface area contributed by atoms with E-state index in [2.05, 4.69) is 18.7 Å². The van der Waals surface area contributed by atoms with Gasteiger partial charge in [-0.3, -0.25) is 4.79 Å². The minimum absolute atomic E-state index is 0.176. The average molecular weight is 397 g/mol. The number of carbonyl (C=O) groups excluding carboxylic acids is 1. The third-order valence-corrected chi connectivity index (χ3v) is 5.27. The number of fused-ring (bicyclic) bond motifs is 1. The van der Waals surface area contributed by atoms with Gasteiger partial charge >= 0.3 is 4.94 Å². The van der Waals surface area contributed by atoms with E-state index in [9.17, 15) is 9.59 Å². The Morgan fingerprint density at radius 3 is 2.64 bits per heavy atom. The second kappa shape index (κ2) is 9.48. The third-order valence-electron chi connectivity index (χ3n) is 4.48. The van der Waals surface area contributed by atoms with E-state index in [0.717, 1.165) is 36.5 Å². The third kappa shape index (κ3) is 4.97. The lowest BCUT2D eigenvalue weighted by Gasteiger charge is -2.18. The Labute approximate surface area is 167 Å². The maximum atomic E-state index is 12.8. The highest BCUT2D eigenvalue weighted by molar-refractivity contribution is 7.16. The Hall–Kier alpha value is -2.70. The summed E-state index contributed by atoms with van der Waals surface area (Å²) in [4.78, 5) is 26.2. The van der Waals surface area contributed by atoms with Gasteiger partial charge in [0.2, 0.25) is 0 Å². The molecule has 0 fully saturated rings. The number of benzene rings is 2. The summed E-state index contributed by atoms with van der Waals surface area (Å²) in [5.41, 5.74) is 1.81. The molecule has 3 rings (SSSR count). The van der Waals surface area contributed by atoms with Gasteiger partial charge < -0.3 is 14.1 Å². The van der Waals surface area contributed by atoms with Crippen molar-refractivity contribution in [3.63, 3.8) is 0 Å². The standard InChI is InChI=1S/C22H23NO4S/c1-3-23(4-2)12-13-26-19-15-20-21(28-22(25)27-20)14-17(19)18(24)11-10-16-8-6-5-7-9-16/h5-11,14-15H,3-4,12-13H2,1-2H3/b11-10+. The number of nitrogens with zero attached hydrogens (tertiary/aromatic N) is 1. The first-order valence-corrected chi connectivity index (χ1v) is 10.1. The van der Waals surface area contributed by atoms with Crippen molar-refractivity contribution in [2.45, 2.75) is 13.8 Å². The molecule has 5 nitrogen and oxygen atoms in total. The second-order valence-corrected chi connectivity index (χ2v) is 7.21. The molecule has 0 amide bonds. The molecule has 0 saturated carbocycles. The van der Waals surface area contributed by atoms with Crippen molar-refractivity contribution in [1.82, 2.24) is 4.90 Å². The topological polar surface area (TPSA) is 59.8 Å². The van der Waals surface area contributed by atoms with Crippen LogP contribution in [-0.2, 0) is 0 Å². The number of carbonyl (C=O) groups is 1. The van der Waals surface area contributed by atoms with E-state index >= 15 is 0 Å². The summed E-state index contributed by atoms with van der Waals surface area (Å²) in [6.07, 6.45) is 3.29. The highest BCUT2D eigenvalue weighted by Crippen LogP contribution is 2.28. The smallest absolute Gasteiger partial charge is 0.396 e. The molecule has 0 radical (unpaired) electrons. The van der Waals surface area contributed by atoms with Crippen molar-refractivity contribution in [2.75, 3.05) is 26.2 Å². The molecule has 28 heavy (non-hydrogen) atoms. The van der Waals surface area contributed by atoms with Gasteiger partial charge in [-0.2, -0.15) is 0 Å². The van der Waals surface area contributed by atoms with Gasteiger partial charge in [0.25, 0.3) is 0 Å². The molecule has 0 N–H and O–H groups in total. The molecule has 0 aliphatic carbocycles. The van der Waals surface area contributed by atoms with Crippen molar-refractivity contribution in [3.05, 3.63) is 69.4 Å². The molecule has 0 bridgehead atoms. The van der Waals surface area contributed by atoms with Crippen LogP contribution in [-0.4, -0.2) is 36.9 Å². The molecule has 146 valence electrons. The molecule has 2 aromatic carbocycles. The van der Waals surface area contributed by atoms with Gasteiger partial charge in [-0.05, 0) is 30.8 Å². The Morgan fingerprint density at radius 2 is 1.93 bits per heavy atom. The fraction of sp³-hybridized carbons (Fsp3) is 0.273. The van der Waals surface area contributed by atoms with Crippen molar-refractivity contribution < 1.29 is 13.9 Å². The van der Waals surface area contributed by atoms with Crippen molar-refractivity contribution in [3.8, 4) is 5.75 Å². The van der Waals surface area contributed by atoms with Gasteiger partial charge in [0, 0.05) is 12.6 Å². The van der Waals surface area contributed by atoms with Crippen LogP contribution in [0.4, 0.5) is 0 Å². The van der Waals surface area contributed by atoms with Crippen LogP contribution in [0.3, 0.4) is 0 Å². The molecule has 0 atom stereocenters. The summed E-state index contributed by atoms with van der Waals surface area (Å²) in [7, 11) is 0. The van der Waals surface area contributed by atoms with Gasteiger partial charge in [0.05, 0.1) is 10.3 Å². The Morgan fingerprint density at radius 1 is 1.18 bits per heavy atom. The zero-order valence-electron chi connectivity index (χ0n) is 16.0. The van der Waals surface area contributed by atoms with Crippen molar-refractivity contribution >= 4 is 33.5 Å². The highest BCUT2D eigenvalue weighted by atomic mass is 32.1. The van der Waals surface area contributed by atoms with Crippen LogP contribution in [0, 0.1) is 0 Å². The van der Waals surface area contributed by atoms with E-state index in [4.69, 9.17) is 9.15 Å². The Bertz CT molecular complexity index is 1020. The Balaban J connectivity index is 1.86. The zero-order valence-corrected chi connectivity index (χ0v) is 16.8. The minimum atomic E-state index is -0.395. The van der Waals surface area contributed by atoms with Crippen LogP contribution in [0.15, 0.2) is 57.8 Å². The minimum Gasteiger partial charge on any atom is -0.491 e. The van der Waals surface area contributed by atoms with Crippen LogP contribution in [0.1, 0.15) is 29.8 Å². The molecule has 3 aromatic rings. The zero-order chi connectivity index (χ0) is 19.9. The summed E-state index contributed by atoms with van der Waals surface area (Å²) in [5, 5.41) is 0. The largest absolute Gasteiger partial charge is 0.491 e. The number of rotatable bonds is 9. The predicted molar refractivity (Wildman–Crippen MR) is 113 cm³/mol. The monoisotopic (exact) mass is 397 g/mol. The molecular weight excluding hydrogens is 374 g/mol. The van der Waals surface area contributed by atoms with E-state index in [0.29, 0.717) is 28.2 Å². The quantitative estimate of drug-likeness (QED) is 0.394. The number of likely N-dealkylation sites (N-methyl/N-ethyl adjacent to an activating group) is 1. The lowest BCUT2D eigenvalue weighted by Crippen LogP contribution is -2.28. The molecule has 6 heteroatoms. The van der Waals surface area contributed by atoms with E-state index in [1.54, 1.807) is 18.2 Å². The number of allylic oxidation sites excluding steroid dienone is 1. The average Bonchev–Trinajstić information content (AvgIpc) is 3.08. The first-order valence-electron chi connectivity index (χ1n) is 9.31. The first-order chi connectivity index (χ1) is 13.6. The van der Waals surface area contributed by atoms with Gasteiger partial charge in [0.1, 0.15) is 12.4 Å². The normalized spacial score (nSPS) is 11.5. The highest BCUT2D eigenvalue weighted by Gasteiger charge is 2.15. The van der Waals surface area contributed by atoms with E-state index in [1.165, 1.54) is 6.08 Å². The number of hydrogen-bond donors (Lipinski definition) is 0. The molecule has 0 saturated heterocycles.